The predicted molar refractivity (Wildman–Crippen MR) is 100.0 cm³/mol. The number of urea groups is 1. The van der Waals surface area contributed by atoms with Crippen molar-refractivity contribution in [2.45, 2.75) is 32.4 Å². The van der Waals surface area contributed by atoms with Gasteiger partial charge in [-0.1, -0.05) is 19.1 Å². The highest BCUT2D eigenvalue weighted by molar-refractivity contribution is 5.94. The van der Waals surface area contributed by atoms with E-state index in [0.717, 1.165) is 56.8 Å². The van der Waals surface area contributed by atoms with Crippen molar-refractivity contribution < 1.29 is 14.3 Å². The minimum absolute atomic E-state index is 0.0328. The zero-order chi connectivity index (χ0) is 18.4. The maximum absolute atomic E-state index is 12.3. The Hall–Kier alpha value is -2.12. The summed E-state index contributed by atoms with van der Waals surface area (Å²) in [6.07, 6.45) is 1.35. The number of hydrogen-bond donors (Lipinski definition) is 2. The van der Waals surface area contributed by atoms with E-state index < -0.39 is 0 Å². The fraction of sp³-hybridized carbons (Fsp3) is 0.579. The molecule has 3 rings (SSSR count). The van der Waals surface area contributed by atoms with Crippen LogP contribution in [0.4, 0.5) is 10.5 Å². The molecule has 0 aromatic heterocycles. The van der Waals surface area contributed by atoms with Gasteiger partial charge in [0, 0.05) is 45.0 Å². The summed E-state index contributed by atoms with van der Waals surface area (Å²) in [7, 11) is 0. The zero-order valence-corrected chi connectivity index (χ0v) is 15.4. The SMILES string of the molecule is CCN1CCN(C(=O)NCc2cccc(NC(=O)C3CCCO3)c2)CC1. The molecule has 0 aliphatic carbocycles. The van der Waals surface area contributed by atoms with Crippen molar-refractivity contribution >= 4 is 17.6 Å². The summed E-state index contributed by atoms with van der Waals surface area (Å²) in [6.45, 7) is 7.63. The summed E-state index contributed by atoms with van der Waals surface area (Å²) >= 11 is 0. The molecule has 2 fully saturated rings. The number of carbonyl (C=O) groups is 2. The highest BCUT2D eigenvalue weighted by Gasteiger charge is 2.23. The molecule has 7 heteroatoms. The first-order chi connectivity index (χ1) is 12.7. The van der Waals surface area contributed by atoms with Crippen LogP contribution >= 0.6 is 0 Å². The van der Waals surface area contributed by atoms with E-state index in [1.165, 1.54) is 0 Å². The Morgan fingerprint density at radius 2 is 2.04 bits per heavy atom. The first kappa shape index (κ1) is 18.7. The van der Waals surface area contributed by atoms with E-state index in [0.29, 0.717) is 13.2 Å². The molecule has 2 aliphatic rings. The molecule has 3 amide bonds. The number of nitrogens with zero attached hydrogens (tertiary/aromatic N) is 2. The third kappa shape index (κ3) is 4.95. The maximum atomic E-state index is 12.3. The molecule has 142 valence electrons. The van der Waals surface area contributed by atoms with E-state index in [1.54, 1.807) is 0 Å². The predicted octanol–water partition coefficient (Wildman–Crippen LogP) is 1.65. The third-order valence-corrected chi connectivity index (χ3v) is 4.97. The van der Waals surface area contributed by atoms with Gasteiger partial charge in [0.05, 0.1) is 0 Å². The number of ether oxygens (including phenoxy) is 1. The van der Waals surface area contributed by atoms with Gasteiger partial charge in [0.2, 0.25) is 0 Å². The normalized spacial score (nSPS) is 20.8. The molecule has 7 nitrogen and oxygen atoms in total. The van der Waals surface area contributed by atoms with Crippen LogP contribution in [0.2, 0.25) is 0 Å². The number of piperazine rings is 1. The minimum atomic E-state index is -0.347. The van der Waals surface area contributed by atoms with Crippen molar-refractivity contribution in [2.75, 3.05) is 44.6 Å². The third-order valence-electron chi connectivity index (χ3n) is 4.97. The van der Waals surface area contributed by atoms with E-state index in [4.69, 9.17) is 4.74 Å². The number of hydrogen-bond acceptors (Lipinski definition) is 4. The van der Waals surface area contributed by atoms with Crippen LogP contribution in [0.15, 0.2) is 24.3 Å². The van der Waals surface area contributed by atoms with Gasteiger partial charge < -0.3 is 25.2 Å². The Morgan fingerprint density at radius 3 is 2.73 bits per heavy atom. The van der Waals surface area contributed by atoms with E-state index in [2.05, 4.69) is 22.5 Å². The standard InChI is InChI=1S/C19H28N4O3/c1-2-22-8-10-23(11-9-22)19(25)20-14-15-5-3-6-16(13-15)21-18(24)17-7-4-12-26-17/h3,5-6,13,17H,2,4,7-12,14H2,1H3,(H,20,25)(H,21,24). The summed E-state index contributed by atoms with van der Waals surface area (Å²) in [5.74, 6) is -0.0996. The van der Waals surface area contributed by atoms with Crippen LogP contribution in [0.1, 0.15) is 25.3 Å². The van der Waals surface area contributed by atoms with Crippen LogP contribution < -0.4 is 10.6 Å². The largest absolute Gasteiger partial charge is 0.368 e. The van der Waals surface area contributed by atoms with Gasteiger partial charge in [0.1, 0.15) is 6.10 Å². The molecule has 1 atom stereocenters. The van der Waals surface area contributed by atoms with Crippen molar-refractivity contribution in [1.82, 2.24) is 15.1 Å². The molecular formula is C19H28N4O3. The van der Waals surface area contributed by atoms with Crippen LogP contribution in [0, 0.1) is 0 Å². The highest BCUT2D eigenvalue weighted by atomic mass is 16.5. The fourth-order valence-corrected chi connectivity index (χ4v) is 3.32. The molecule has 1 aromatic carbocycles. The van der Waals surface area contributed by atoms with Crippen molar-refractivity contribution in [3.63, 3.8) is 0 Å². The Bertz CT molecular complexity index is 623. The topological polar surface area (TPSA) is 73.9 Å². The van der Waals surface area contributed by atoms with Gasteiger partial charge in [-0.2, -0.15) is 0 Å². The van der Waals surface area contributed by atoms with E-state index >= 15 is 0 Å². The number of benzene rings is 1. The van der Waals surface area contributed by atoms with Crippen molar-refractivity contribution in [2.24, 2.45) is 0 Å². The maximum Gasteiger partial charge on any atom is 0.317 e. The molecule has 1 aromatic rings. The molecule has 2 heterocycles. The average Bonchev–Trinajstić information content (AvgIpc) is 3.21. The van der Waals surface area contributed by atoms with Gasteiger partial charge in [0.15, 0.2) is 0 Å². The molecule has 0 spiro atoms. The lowest BCUT2D eigenvalue weighted by Gasteiger charge is -2.34. The van der Waals surface area contributed by atoms with Crippen LogP contribution in [0.5, 0.6) is 0 Å². The number of rotatable bonds is 5. The van der Waals surface area contributed by atoms with E-state index in [9.17, 15) is 9.59 Å². The molecule has 2 N–H and O–H groups in total. The zero-order valence-electron chi connectivity index (χ0n) is 15.4. The van der Waals surface area contributed by atoms with Gasteiger partial charge in [0.25, 0.3) is 5.91 Å². The van der Waals surface area contributed by atoms with Crippen LogP contribution in [-0.2, 0) is 16.1 Å². The molecule has 26 heavy (non-hydrogen) atoms. The van der Waals surface area contributed by atoms with Crippen LogP contribution in [-0.4, -0.2) is 67.2 Å². The first-order valence-corrected chi connectivity index (χ1v) is 9.42. The van der Waals surface area contributed by atoms with Crippen molar-refractivity contribution in [3.8, 4) is 0 Å². The lowest BCUT2D eigenvalue weighted by Crippen LogP contribution is -2.51. The van der Waals surface area contributed by atoms with Gasteiger partial charge in [-0.15, -0.1) is 0 Å². The monoisotopic (exact) mass is 360 g/mol. The molecule has 2 saturated heterocycles. The Labute approximate surface area is 154 Å². The van der Waals surface area contributed by atoms with Crippen LogP contribution in [0.3, 0.4) is 0 Å². The summed E-state index contributed by atoms with van der Waals surface area (Å²) < 4.78 is 5.40. The van der Waals surface area contributed by atoms with Gasteiger partial charge in [-0.25, -0.2) is 4.79 Å². The summed E-state index contributed by atoms with van der Waals surface area (Å²) in [5, 5.41) is 5.86. The number of amides is 3. The molecule has 1 unspecified atom stereocenters. The Balaban J connectivity index is 1.47. The summed E-state index contributed by atoms with van der Waals surface area (Å²) in [4.78, 5) is 28.6. The number of nitrogens with one attached hydrogen (secondary N) is 2. The van der Waals surface area contributed by atoms with E-state index in [-0.39, 0.29) is 18.0 Å². The quantitative estimate of drug-likeness (QED) is 0.837. The Morgan fingerprint density at radius 1 is 1.23 bits per heavy atom. The average molecular weight is 360 g/mol. The van der Waals surface area contributed by atoms with Gasteiger partial charge in [-0.05, 0) is 37.1 Å². The summed E-state index contributed by atoms with van der Waals surface area (Å²) in [5.41, 5.74) is 1.68. The summed E-state index contributed by atoms with van der Waals surface area (Å²) in [6, 6.07) is 7.53. The highest BCUT2D eigenvalue weighted by Crippen LogP contribution is 2.16. The molecule has 2 aliphatic heterocycles. The van der Waals surface area contributed by atoms with E-state index in [1.807, 2.05) is 29.2 Å². The lowest BCUT2D eigenvalue weighted by molar-refractivity contribution is -0.124. The second-order valence-electron chi connectivity index (χ2n) is 6.77. The van der Waals surface area contributed by atoms with Crippen molar-refractivity contribution in [3.05, 3.63) is 29.8 Å². The number of anilines is 1. The lowest BCUT2D eigenvalue weighted by atomic mass is 10.2. The van der Waals surface area contributed by atoms with Crippen LogP contribution in [0.25, 0.3) is 0 Å². The molecular weight excluding hydrogens is 332 g/mol. The second kappa shape index (κ2) is 9.00. The number of likely N-dealkylation sites (N-methyl/N-ethyl adjacent to an activating group) is 1. The molecule has 0 radical (unpaired) electrons. The number of carbonyl (C=O) groups excluding carboxylic acids is 2. The second-order valence-corrected chi connectivity index (χ2v) is 6.77. The van der Waals surface area contributed by atoms with Crippen molar-refractivity contribution in [1.29, 1.82) is 0 Å². The molecule has 0 bridgehead atoms. The van der Waals surface area contributed by atoms with Gasteiger partial charge >= 0.3 is 6.03 Å². The molecule has 0 saturated carbocycles. The fourth-order valence-electron chi connectivity index (χ4n) is 3.32. The Kier molecular flexibility index (Phi) is 6.46. The first-order valence-electron chi connectivity index (χ1n) is 9.42. The minimum Gasteiger partial charge on any atom is -0.368 e. The van der Waals surface area contributed by atoms with Gasteiger partial charge in [-0.3, -0.25) is 4.79 Å². The smallest absolute Gasteiger partial charge is 0.317 e.